The first-order valence-corrected chi connectivity index (χ1v) is 7.74. The predicted octanol–water partition coefficient (Wildman–Crippen LogP) is 4.67. The van der Waals surface area contributed by atoms with Crippen molar-refractivity contribution in [3.05, 3.63) is 24.3 Å². The van der Waals surface area contributed by atoms with Gasteiger partial charge in [-0.1, -0.05) is 50.8 Å². The molecule has 0 saturated carbocycles. The average Bonchev–Trinajstić information content (AvgIpc) is 2.41. The standard InChI is InChI=1S/C17H28O3/c1-2-3-10-13-16(18)14-11-8-6-4-5-7-9-12-15-17(19)20/h6,8,11,14H,2-5,7,9-10,12-13,15H2,1H3,(H,19,20). The molecule has 0 atom stereocenters. The Hall–Kier alpha value is -1.38. The molecule has 0 amide bonds. The zero-order valence-corrected chi connectivity index (χ0v) is 12.6. The van der Waals surface area contributed by atoms with Crippen molar-refractivity contribution in [1.29, 1.82) is 0 Å². The van der Waals surface area contributed by atoms with Crippen molar-refractivity contribution in [3.63, 3.8) is 0 Å². The number of hydrogen-bond donors (Lipinski definition) is 1. The molecule has 3 heteroatoms. The highest BCUT2D eigenvalue weighted by molar-refractivity contribution is 5.89. The minimum absolute atomic E-state index is 0.205. The normalized spacial score (nSPS) is 11.4. The Labute approximate surface area is 122 Å². The topological polar surface area (TPSA) is 54.4 Å². The molecule has 0 fully saturated rings. The van der Waals surface area contributed by atoms with Gasteiger partial charge in [0.15, 0.2) is 5.78 Å². The molecule has 0 heterocycles. The number of carbonyl (C=O) groups excluding carboxylic acids is 1. The molecule has 0 unspecified atom stereocenters. The van der Waals surface area contributed by atoms with Crippen molar-refractivity contribution in [2.24, 2.45) is 0 Å². The summed E-state index contributed by atoms with van der Waals surface area (Å²) in [6.45, 7) is 2.13. The Morgan fingerprint density at radius 3 is 2.30 bits per heavy atom. The third-order valence-corrected chi connectivity index (χ3v) is 3.07. The van der Waals surface area contributed by atoms with Gasteiger partial charge in [-0.3, -0.25) is 9.59 Å². The zero-order valence-electron chi connectivity index (χ0n) is 12.6. The highest BCUT2D eigenvalue weighted by atomic mass is 16.4. The van der Waals surface area contributed by atoms with Gasteiger partial charge in [0.05, 0.1) is 0 Å². The number of carboxylic acids is 1. The van der Waals surface area contributed by atoms with Gasteiger partial charge < -0.3 is 5.11 Å². The van der Waals surface area contributed by atoms with E-state index in [4.69, 9.17) is 5.11 Å². The van der Waals surface area contributed by atoms with E-state index in [2.05, 4.69) is 13.0 Å². The lowest BCUT2D eigenvalue weighted by atomic mass is 10.1. The number of allylic oxidation sites excluding steroid dienone is 4. The molecular formula is C17H28O3. The Morgan fingerprint density at radius 1 is 0.900 bits per heavy atom. The quantitative estimate of drug-likeness (QED) is 0.303. The van der Waals surface area contributed by atoms with E-state index in [9.17, 15) is 9.59 Å². The molecule has 1 N–H and O–H groups in total. The summed E-state index contributed by atoms with van der Waals surface area (Å²) in [5.41, 5.74) is 0. The first-order chi connectivity index (χ1) is 9.66. The monoisotopic (exact) mass is 280 g/mol. The molecule has 0 bridgehead atoms. The first-order valence-electron chi connectivity index (χ1n) is 7.74. The molecular weight excluding hydrogens is 252 g/mol. The second kappa shape index (κ2) is 14.0. The number of carboxylic acid groups (broad SMARTS) is 1. The number of hydrogen-bond acceptors (Lipinski definition) is 2. The highest BCUT2D eigenvalue weighted by Crippen LogP contribution is 2.06. The smallest absolute Gasteiger partial charge is 0.303 e. The van der Waals surface area contributed by atoms with Gasteiger partial charge in [-0.15, -0.1) is 0 Å². The molecule has 0 radical (unpaired) electrons. The molecule has 0 aromatic heterocycles. The van der Waals surface area contributed by atoms with Gasteiger partial charge in [0.25, 0.3) is 0 Å². The van der Waals surface area contributed by atoms with Crippen LogP contribution >= 0.6 is 0 Å². The molecule has 114 valence electrons. The van der Waals surface area contributed by atoms with E-state index in [-0.39, 0.29) is 12.2 Å². The molecule has 0 spiro atoms. The maximum atomic E-state index is 11.4. The van der Waals surface area contributed by atoms with Crippen molar-refractivity contribution in [3.8, 4) is 0 Å². The van der Waals surface area contributed by atoms with Crippen LogP contribution in [-0.4, -0.2) is 16.9 Å². The lowest BCUT2D eigenvalue weighted by Gasteiger charge is -1.96. The number of ketones is 1. The fourth-order valence-electron chi connectivity index (χ4n) is 1.86. The van der Waals surface area contributed by atoms with Crippen LogP contribution in [0.3, 0.4) is 0 Å². The van der Waals surface area contributed by atoms with Crippen molar-refractivity contribution in [1.82, 2.24) is 0 Å². The van der Waals surface area contributed by atoms with Crippen LogP contribution in [0.2, 0.25) is 0 Å². The number of unbranched alkanes of at least 4 members (excludes halogenated alkanes) is 6. The van der Waals surface area contributed by atoms with E-state index in [1.807, 2.05) is 12.2 Å². The lowest BCUT2D eigenvalue weighted by Crippen LogP contribution is -1.93. The molecule has 0 aliphatic carbocycles. The first kappa shape index (κ1) is 18.6. The number of aliphatic carboxylic acids is 1. The summed E-state index contributed by atoms with van der Waals surface area (Å²) in [7, 11) is 0. The third-order valence-electron chi connectivity index (χ3n) is 3.07. The molecule has 20 heavy (non-hydrogen) atoms. The molecule has 0 aliphatic heterocycles. The predicted molar refractivity (Wildman–Crippen MR) is 82.8 cm³/mol. The maximum absolute atomic E-state index is 11.4. The highest BCUT2D eigenvalue weighted by Gasteiger charge is 1.96. The van der Waals surface area contributed by atoms with Crippen LogP contribution in [0.25, 0.3) is 0 Å². The van der Waals surface area contributed by atoms with E-state index >= 15 is 0 Å². The zero-order chi connectivity index (χ0) is 15.1. The minimum Gasteiger partial charge on any atom is -0.481 e. The van der Waals surface area contributed by atoms with Crippen LogP contribution in [-0.2, 0) is 9.59 Å². The fourth-order valence-corrected chi connectivity index (χ4v) is 1.86. The maximum Gasteiger partial charge on any atom is 0.303 e. The Balaban J connectivity index is 3.42. The SMILES string of the molecule is CCCCCC(=O)C=CC=CCCCCCCC(=O)O. The van der Waals surface area contributed by atoms with E-state index in [1.54, 1.807) is 6.08 Å². The summed E-state index contributed by atoms with van der Waals surface area (Å²) < 4.78 is 0. The summed E-state index contributed by atoms with van der Waals surface area (Å²) in [5.74, 6) is -0.504. The van der Waals surface area contributed by atoms with E-state index in [1.165, 1.54) is 0 Å². The molecule has 0 aromatic carbocycles. The van der Waals surface area contributed by atoms with Crippen molar-refractivity contribution in [2.75, 3.05) is 0 Å². The molecule has 0 aliphatic rings. The fraction of sp³-hybridized carbons (Fsp3) is 0.647. The van der Waals surface area contributed by atoms with Gasteiger partial charge in [-0.05, 0) is 31.8 Å². The van der Waals surface area contributed by atoms with Gasteiger partial charge in [0.1, 0.15) is 0 Å². The van der Waals surface area contributed by atoms with Gasteiger partial charge in [-0.25, -0.2) is 0 Å². The number of carbonyl (C=O) groups is 2. The third kappa shape index (κ3) is 14.7. The van der Waals surface area contributed by atoms with Gasteiger partial charge >= 0.3 is 5.97 Å². The van der Waals surface area contributed by atoms with Crippen LogP contribution in [0.5, 0.6) is 0 Å². The van der Waals surface area contributed by atoms with Gasteiger partial charge in [0.2, 0.25) is 0 Å². The summed E-state index contributed by atoms with van der Waals surface area (Å²) in [5, 5.41) is 8.48. The van der Waals surface area contributed by atoms with Crippen LogP contribution in [0.15, 0.2) is 24.3 Å². The van der Waals surface area contributed by atoms with E-state index in [0.717, 1.165) is 51.4 Å². The van der Waals surface area contributed by atoms with Crippen LogP contribution in [0.4, 0.5) is 0 Å². The molecule has 0 saturated heterocycles. The number of rotatable bonds is 13. The van der Waals surface area contributed by atoms with Crippen LogP contribution in [0.1, 0.15) is 71.1 Å². The molecule has 3 nitrogen and oxygen atoms in total. The second-order valence-electron chi connectivity index (χ2n) is 5.06. The van der Waals surface area contributed by atoms with Gasteiger partial charge in [0, 0.05) is 12.8 Å². The summed E-state index contributed by atoms with van der Waals surface area (Å²) in [6, 6.07) is 0. The lowest BCUT2D eigenvalue weighted by molar-refractivity contribution is -0.137. The van der Waals surface area contributed by atoms with Crippen molar-refractivity contribution >= 4 is 11.8 Å². The minimum atomic E-state index is -0.710. The van der Waals surface area contributed by atoms with Crippen molar-refractivity contribution < 1.29 is 14.7 Å². The summed E-state index contributed by atoms with van der Waals surface area (Å²) in [4.78, 5) is 21.7. The largest absolute Gasteiger partial charge is 0.481 e. The Morgan fingerprint density at radius 2 is 1.60 bits per heavy atom. The molecule has 0 aromatic rings. The van der Waals surface area contributed by atoms with Crippen molar-refractivity contribution in [2.45, 2.75) is 71.1 Å². The summed E-state index contributed by atoms with van der Waals surface area (Å²) in [6.07, 6.45) is 16.5. The summed E-state index contributed by atoms with van der Waals surface area (Å²) >= 11 is 0. The van der Waals surface area contributed by atoms with E-state index in [0.29, 0.717) is 6.42 Å². The van der Waals surface area contributed by atoms with Gasteiger partial charge in [-0.2, -0.15) is 0 Å². The van der Waals surface area contributed by atoms with Crippen LogP contribution in [0, 0.1) is 0 Å². The Kier molecular flexibility index (Phi) is 13.1. The van der Waals surface area contributed by atoms with E-state index < -0.39 is 5.97 Å². The molecule has 0 rings (SSSR count). The Bertz CT molecular complexity index is 316. The van der Waals surface area contributed by atoms with Crippen LogP contribution < -0.4 is 0 Å². The second-order valence-corrected chi connectivity index (χ2v) is 5.06. The average molecular weight is 280 g/mol.